The zero-order valence-corrected chi connectivity index (χ0v) is 11.4. The summed E-state index contributed by atoms with van der Waals surface area (Å²) in [5.74, 6) is -1.02. The molecule has 2 aromatic rings. The Balaban J connectivity index is 1.86. The van der Waals surface area contributed by atoms with E-state index >= 15 is 0 Å². The number of carboxylic acid groups (broad SMARTS) is 1. The molecule has 0 radical (unpaired) electrons. The number of carbonyl (C=O) groups is 1. The third kappa shape index (κ3) is 4.46. The maximum absolute atomic E-state index is 11.3. The summed E-state index contributed by atoms with van der Waals surface area (Å²) in [6.07, 6.45) is 9.15. The monoisotopic (exact) mass is 272 g/mol. The van der Waals surface area contributed by atoms with Gasteiger partial charge < -0.3 is 5.11 Å². The molecule has 0 saturated heterocycles. The molecule has 1 N–H and O–H groups in total. The van der Waals surface area contributed by atoms with Crippen molar-refractivity contribution in [3.63, 3.8) is 0 Å². The Labute approximate surface area is 118 Å². The van der Waals surface area contributed by atoms with E-state index in [-0.39, 0.29) is 5.92 Å². The predicted molar refractivity (Wildman–Crippen MR) is 73.6 cm³/mol. The molecule has 0 aliphatic heterocycles. The van der Waals surface area contributed by atoms with Crippen molar-refractivity contribution in [2.45, 2.75) is 25.9 Å². The SMILES string of the molecule is O=C(O)C(CC[n+]1ccccc1)CC[n+]1ccccc1. The molecule has 0 spiro atoms. The largest absolute Gasteiger partial charge is 0.481 e. The van der Waals surface area contributed by atoms with E-state index < -0.39 is 5.97 Å². The third-order valence-corrected chi connectivity index (χ3v) is 3.38. The average Bonchev–Trinajstić information content (AvgIpc) is 2.49. The van der Waals surface area contributed by atoms with E-state index in [2.05, 4.69) is 0 Å². The van der Waals surface area contributed by atoms with Crippen molar-refractivity contribution in [2.24, 2.45) is 5.92 Å². The summed E-state index contributed by atoms with van der Waals surface area (Å²) in [6.45, 7) is 1.47. The van der Waals surface area contributed by atoms with E-state index in [0.29, 0.717) is 12.8 Å². The second-order valence-electron chi connectivity index (χ2n) is 4.84. The first-order valence-electron chi connectivity index (χ1n) is 6.86. The first-order valence-corrected chi connectivity index (χ1v) is 6.86. The van der Waals surface area contributed by atoms with Crippen LogP contribution in [-0.4, -0.2) is 11.1 Å². The van der Waals surface area contributed by atoms with Gasteiger partial charge in [0.15, 0.2) is 24.8 Å². The first kappa shape index (κ1) is 14.2. The van der Waals surface area contributed by atoms with Crippen LogP contribution < -0.4 is 9.13 Å². The molecule has 0 unspecified atom stereocenters. The molecular weight excluding hydrogens is 252 g/mol. The van der Waals surface area contributed by atoms with Gasteiger partial charge in [-0.3, -0.25) is 4.79 Å². The summed E-state index contributed by atoms with van der Waals surface area (Å²) in [7, 11) is 0. The Morgan fingerprint density at radius 3 is 1.55 bits per heavy atom. The van der Waals surface area contributed by atoms with Crippen molar-refractivity contribution in [3.05, 3.63) is 61.2 Å². The molecule has 0 aromatic carbocycles. The smallest absolute Gasteiger partial charge is 0.306 e. The van der Waals surface area contributed by atoms with E-state index in [1.807, 2.05) is 70.3 Å². The molecular formula is C16H20N2O2+2. The average molecular weight is 272 g/mol. The standard InChI is InChI=1S/C16H19N2O2/c19-16(20)15(7-13-17-9-3-1-4-10-17)8-14-18-11-5-2-6-12-18/h1-6,9-12,15H,7-8,13-14H2/q+1/p+1. The van der Waals surface area contributed by atoms with Crippen molar-refractivity contribution >= 4 is 5.97 Å². The van der Waals surface area contributed by atoms with Crippen molar-refractivity contribution in [1.29, 1.82) is 0 Å². The number of carboxylic acids is 1. The Hall–Kier alpha value is -2.23. The second-order valence-corrected chi connectivity index (χ2v) is 4.84. The highest BCUT2D eigenvalue weighted by Crippen LogP contribution is 2.09. The predicted octanol–water partition coefficient (Wildman–Crippen LogP) is 1.44. The summed E-state index contributed by atoms with van der Waals surface area (Å²) >= 11 is 0. The van der Waals surface area contributed by atoms with E-state index in [1.54, 1.807) is 0 Å². The van der Waals surface area contributed by atoms with Gasteiger partial charge in [0, 0.05) is 37.1 Å². The number of aromatic nitrogens is 2. The number of rotatable bonds is 7. The number of aliphatic carboxylic acids is 1. The van der Waals surface area contributed by atoms with Crippen LogP contribution in [0.5, 0.6) is 0 Å². The molecule has 2 rings (SSSR count). The molecule has 0 amide bonds. The van der Waals surface area contributed by atoms with E-state index in [9.17, 15) is 9.90 Å². The van der Waals surface area contributed by atoms with Crippen molar-refractivity contribution in [2.75, 3.05) is 0 Å². The molecule has 104 valence electrons. The van der Waals surface area contributed by atoms with E-state index in [0.717, 1.165) is 13.1 Å². The fourth-order valence-corrected chi connectivity index (χ4v) is 2.17. The number of pyridine rings is 2. The van der Waals surface area contributed by atoms with Crippen molar-refractivity contribution in [1.82, 2.24) is 0 Å². The molecule has 0 aliphatic rings. The van der Waals surface area contributed by atoms with Crippen LogP contribution in [0.15, 0.2) is 61.2 Å². The summed E-state index contributed by atoms with van der Waals surface area (Å²) in [6, 6.07) is 11.7. The Morgan fingerprint density at radius 1 is 0.800 bits per heavy atom. The lowest BCUT2D eigenvalue weighted by Crippen LogP contribution is -2.37. The Bertz CT molecular complexity index is 485. The molecule has 4 nitrogen and oxygen atoms in total. The van der Waals surface area contributed by atoms with Crippen molar-refractivity contribution in [3.8, 4) is 0 Å². The fourth-order valence-electron chi connectivity index (χ4n) is 2.17. The topological polar surface area (TPSA) is 45.1 Å². The van der Waals surface area contributed by atoms with Gasteiger partial charge in [-0.25, -0.2) is 9.13 Å². The van der Waals surface area contributed by atoms with Gasteiger partial charge in [-0.1, -0.05) is 12.1 Å². The van der Waals surface area contributed by atoms with Gasteiger partial charge in [0.1, 0.15) is 13.1 Å². The van der Waals surface area contributed by atoms with E-state index in [1.165, 1.54) is 0 Å². The van der Waals surface area contributed by atoms with Crippen LogP contribution in [0.2, 0.25) is 0 Å². The molecule has 0 fully saturated rings. The number of nitrogens with zero attached hydrogens (tertiary/aromatic N) is 2. The van der Waals surface area contributed by atoms with Crippen LogP contribution >= 0.6 is 0 Å². The van der Waals surface area contributed by atoms with Crippen LogP contribution in [0.25, 0.3) is 0 Å². The molecule has 4 heteroatoms. The van der Waals surface area contributed by atoms with Crippen LogP contribution in [0.3, 0.4) is 0 Å². The maximum atomic E-state index is 11.3. The van der Waals surface area contributed by atoms with Crippen LogP contribution in [-0.2, 0) is 17.9 Å². The van der Waals surface area contributed by atoms with E-state index in [4.69, 9.17) is 0 Å². The first-order chi connectivity index (χ1) is 9.75. The van der Waals surface area contributed by atoms with Gasteiger partial charge in [-0.15, -0.1) is 0 Å². The lowest BCUT2D eigenvalue weighted by Gasteiger charge is -2.08. The van der Waals surface area contributed by atoms with Gasteiger partial charge in [0.2, 0.25) is 0 Å². The molecule has 2 heterocycles. The van der Waals surface area contributed by atoms with Gasteiger partial charge in [-0.2, -0.15) is 0 Å². The van der Waals surface area contributed by atoms with Crippen LogP contribution in [0, 0.1) is 5.92 Å². The molecule has 0 saturated carbocycles. The molecule has 20 heavy (non-hydrogen) atoms. The summed E-state index contributed by atoms with van der Waals surface area (Å²) < 4.78 is 4.04. The Kier molecular flexibility index (Phi) is 5.24. The number of hydrogen-bond acceptors (Lipinski definition) is 1. The second kappa shape index (κ2) is 7.38. The van der Waals surface area contributed by atoms with Gasteiger partial charge in [-0.05, 0) is 0 Å². The molecule has 2 aromatic heterocycles. The molecule has 0 bridgehead atoms. The highest BCUT2D eigenvalue weighted by Gasteiger charge is 2.20. The summed E-state index contributed by atoms with van der Waals surface area (Å²) in [4.78, 5) is 11.3. The van der Waals surface area contributed by atoms with Crippen LogP contribution in [0.4, 0.5) is 0 Å². The third-order valence-electron chi connectivity index (χ3n) is 3.38. The quantitative estimate of drug-likeness (QED) is 0.775. The lowest BCUT2D eigenvalue weighted by atomic mass is 10.0. The number of hydrogen-bond donors (Lipinski definition) is 1. The normalized spacial score (nSPS) is 10.7. The lowest BCUT2D eigenvalue weighted by molar-refractivity contribution is -0.702. The molecule has 0 aliphatic carbocycles. The Morgan fingerprint density at radius 2 is 1.20 bits per heavy atom. The highest BCUT2D eigenvalue weighted by molar-refractivity contribution is 5.69. The minimum Gasteiger partial charge on any atom is -0.481 e. The van der Waals surface area contributed by atoms with Gasteiger partial charge >= 0.3 is 5.97 Å². The minimum absolute atomic E-state index is 0.310. The van der Waals surface area contributed by atoms with Gasteiger partial charge in [0.05, 0.1) is 5.92 Å². The minimum atomic E-state index is -0.710. The highest BCUT2D eigenvalue weighted by atomic mass is 16.4. The fraction of sp³-hybridized carbons (Fsp3) is 0.312. The zero-order valence-electron chi connectivity index (χ0n) is 11.4. The number of aryl methyl sites for hydroxylation is 2. The maximum Gasteiger partial charge on any atom is 0.306 e. The molecule has 0 atom stereocenters. The summed E-state index contributed by atoms with van der Waals surface area (Å²) in [5.41, 5.74) is 0. The van der Waals surface area contributed by atoms with Crippen LogP contribution in [0.1, 0.15) is 12.8 Å². The zero-order chi connectivity index (χ0) is 14.2. The summed E-state index contributed by atoms with van der Waals surface area (Å²) in [5, 5.41) is 9.31. The van der Waals surface area contributed by atoms with Crippen molar-refractivity contribution < 1.29 is 19.0 Å². The van der Waals surface area contributed by atoms with Gasteiger partial charge in [0.25, 0.3) is 0 Å².